The number of sulfonamides is 1. The fourth-order valence-electron chi connectivity index (χ4n) is 2.61. The second kappa shape index (κ2) is 8.34. The minimum absolute atomic E-state index is 0.0667. The highest BCUT2D eigenvalue weighted by Crippen LogP contribution is 2.22. The lowest BCUT2D eigenvalue weighted by atomic mass is 10.2. The van der Waals surface area contributed by atoms with Gasteiger partial charge in [-0.2, -0.15) is 0 Å². The summed E-state index contributed by atoms with van der Waals surface area (Å²) in [6, 6.07) is 4.82. The number of methoxy groups -OCH3 is 2. The third kappa shape index (κ3) is 4.85. The number of hydrogen-bond acceptors (Lipinski definition) is 5. The number of rotatable bonds is 7. The van der Waals surface area contributed by atoms with Crippen LogP contribution in [0.3, 0.4) is 0 Å². The van der Waals surface area contributed by atoms with E-state index in [4.69, 9.17) is 9.47 Å². The van der Waals surface area contributed by atoms with Crippen molar-refractivity contribution >= 4 is 15.9 Å². The average molecular weight is 356 g/mol. The Morgan fingerprint density at radius 3 is 2.21 bits per heavy atom. The second-order valence-corrected chi connectivity index (χ2v) is 7.72. The van der Waals surface area contributed by atoms with Crippen LogP contribution in [0.5, 0.6) is 11.5 Å². The molecule has 1 N–H and O–H groups in total. The molecule has 134 valence electrons. The first-order valence-corrected chi connectivity index (χ1v) is 9.56. The number of nitrogens with one attached hydrogen (secondary N) is 1. The van der Waals surface area contributed by atoms with E-state index >= 15 is 0 Å². The zero-order chi connectivity index (χ0) is 17.6. The quantitative estimate of drug-likeness (QED) is 0.795. The van der Waals surface area contributed by atoms with E-state index in [0.29, 0.717) is 30.2 Å². The van der Waals surface area contributed by atoms with Crippen LogP contribution < -0.4 is 14.8 Å². The van der Waals surface area contributed by atoms with Crippen molar-refractivity contribution in [3.63, 3.8) is 0 Å². The van der Waals surface area contributed by atoms with Crippen molar-refractivity contribution in [1.29, 1.82) is 0 Å². The van der Waals surface area contributed by atoms with Gasteiger partial charge < -0.3 is 14.8 Å². The van der Waals surface area contributed by atoms with Gasteiger partial charge in [0.15, 0.2) is 0 Å². The Kier molecular flexibility index (Phi) is 6.44. The van der Waals surface area contributed by atoms with Crippen LogP contribution in [0.15, 0.2) is 18.2 Å². The highest BCUT2D eigenvalue weighted by molar-refractivity contribution is 7.89. The Labute approximate surface area is 143 Å². The maximum atomic E-state index is 12.2. The molecule has 2 rings (SSSR count). The number of amides is 1. The number of benzene rings is 1. The Balaban J connectivity index is 1.93. The van der Waals surface area contributed by atoms with Gasteiger partial charge in [0, 0.05) is 31.3 Å². The van der Waals surface area contributed by atoms with E-state index in [1.54, 1.807) is 18.2 Å². The summed E-state index contributed by atoms with van der Waals surface area (Å²) in [7, 11) is -0.314. The van der Waals surface area contributed by atoms with Gasteiger partial charge in [-0.3, -0.25) is 4.79 Å². The molecule has 0 aliphatic carbocycles. The molecule has 1 heterocycles. The average Bonchev–Trinajstić information content (AvgIpc) is 2.61. The summed E-state index contributed by atoms with van der Waals surface area (Å²) < 4.78 is 36.2. The van der Waals surface area contributed by atoms with Crippen molar-refractivity contribution in [2.75, 3.05) is 39.6 Å². The third-order valence-corrected chi connectivity index (χ3v) is 5.84. The lowest BCUT2D eigenvalue weighted by Crippen LogP contribution is -2.40. The van der Waals surface area contributed by atoms with Crippen LogP contribution in [-0.2, 0) is 10.0 Å². The van der Waals surface area contributed by atoms with Crippen LogP contribution in [0, 0.1) is 0 Å². The smallest absolute Gasteiger partial charge is 0.251 e. The van der Waals surface area contributed by atoms with Crippen LogP contribution in [0.4, 0.5) is 0 Å². The zero-order valence-electron chi connectivity index (χ0n) is 14.1. The predicted molar refractivity (Wildman–Crippen MR) is 91.1 cm³/mol. The molecular weight excluding hydrogens is 332 g/mol. The van der Waals surface area contributed by atoms with E-state index in [9.17, 15) is 13.2 Å². The van der Waals surface area contributed by atoms with Gasteiger partial charge in [0.2, 0.25) is 10.0 Å². The monoisotopic (exact) mass is 356 g/mol. The Hall–Kier alpha value is -1.80. The van der Waals surface area contributed by atoms with Crippen LogP contribution >= 0.6 is 0 Å². The molecule has 0 saturated carbocycles. The van der Waals surface area contributed by atoms with Gasteiger partial charge in [-0.15, -0.1) is 0 Å². The lowest BCUT2D eigenvalue weighted by molar-refractivity contribution is 0.0955. The molecule has 1 aromatic carbocycles. The summed E-state index contributed by atoms with van der Waals surface area (Å²) in [5.41, 5.74) is 0.363. The van der Waals surface area contributed by atoms with Crippen molar-refractivity contribution in [3.05, 3.63) is 23.8 Å². The van der Waals surface area contributed by atoms with E-state index in [-0.39, 0.29) is 18.2 Å². The number of hydrogen-bond donors (Lipinski definition) is 1. The minimum atomic E-state index is -3.32. The fraction of sp³-hybridized carbons (Fsp3) is 0.562. The van der Waals surface area contributed by atoms with Crippen molar-refractivity contribution in [1.82, 2.24) is 9.62 Å². The van der Waals surface area contributed by atoms with Crippen LogP contribution in [0.2, 0.25) is 0 Å². The summed E-state index contributed by atoms with van der Waals surface area (Å²) >= 11 is 0. The molecular formula is C16H24N2O5S. The lowest BCUT2D eigenvalue weighted by Gasteiger charge is -2.25. The van der Waals surface area contributed by atoms with E-state index in [1.807, 2.05) is 0 Å². The first-order chi connectivity index (χ1) is 11.5. The molecule has 1 fully saturated rings. The highest BCUT2D eigenvalue weighted by Gasteiger charge is 2.23. The summed E-state index contributed by atoms with van der Waals surface area (Å²) in [5, 5.41) is 2.64. The van der Waals surface area contributed by atoms with Crippen molar-refractivity contribution in [3.8, 4) is 11.5 Å². The Bertz CT molecular complexity index is 647. The van der Waals surface area contributed by atoms with Crippen molar-refractivity contribution in [2.45, 2.75) is 19.3 Å². The molecule has 1 amide bonds. The molecule has 1 aliphatic rings. The largest absolute Gasteiger partial charge is 0.497 e. The second-order valence-electron chi connectivity index (χ2n) is 5.63. The molecule has 1 aliphatic heterocycles. The highest BCUT2D eigenvalue weighted by atomic mass is 32.2. The van der Waals surface area contributed by atoms with Crippen LogP contribution in [0.25, 0.3) is 0 Å². The summed E-state index contributed by atoms with van der Waals surface area (Å²) in [4.78, 5) is 12.2. The molecule has 0 unspecified atom stereocenters. The first kappa shape index (κ1) is 18.5. The molecule has 24 heavy (non-hydrogen) atoms. The number of carbonyl (C=O) groups is 1. The summed E-state index contributed by atoms with van der Waals surface area (Å²) in [6.07, 6.45) is 2.87. The molecule has 7 nitrogen and oxygen atoms in total. The van der Waals surface area contributed by atoms with Crippen LogP contribution in [-0.4, -0.2) is 58.2 Å². The molecule has 1 saturated heterocycles. The minimum Gasteiger partial charge on any atom is -0.497 e. The zero-order valence-corrected chi connectivity index (χ0v) is 14.9. The van der Waals surface area contributed by atoms with E-state index in [0.717, 1.165) is 19.3 Å². The van der Waals surface area contributed by atoms with Gasteiger partial charge in [-0.25, -0.2) is 12.7 Å². The summed E-state index contributed by atoms with van der Waals surface area (Å²) in [6.45, 7) is 1.21. The maximum Gasteiger partial charge on any atom is 0.251 e. The molecule has 0 bridgehead atoms. The van der Waals surface area contributed by atoms with Gasteiger partial charge in [0.25, 0.3) is 5.91 Å². The molecule has 0 aromatic heterocycles. The number of piperidine rings is 1. The van der Waals surface area contributed by atoms with Crippen LogP contribution in [0.1, 0.15) is 29.6 Å². The fourth-order valence-corrected chi connectivity index (χ4v) is 4.04. The van der Waals surface area contributed by atoms with E-state index in [2.05, 4.69) is 5.32 Å². The van der Waals surface area contributed by atoms with E-state index in [1.165, 1.54) is 18.5 Å². The van der Waals surface area contributed by atoms with Gasteiger partial charge in [0.1, 0.15) is 11.5 Å². The van der Waals surface area contributed by atoms with Crippen molar-refractivity contribution in [2.24, 2.45) is 0 Å². The maximum absolute atomic E-state index is 12.2. The summed E-state index contributed by atoms with van der Waals surface area (Å²) in [5.74, 6) is 0.543. The molecule has 0 radical (unpaired) electrons. The van der Waals surface area contributed by atoms with Gasteiger partial charge in [0.05, 0.1) is 20.0 Å². The SMILES string of the molecule is COc1cc(OC)cc(C(=O)NCCS(=O)(=O)N2CCCCC2)c1. The number of ether oxygens (including phenoxy) is 2. The molecule has 0 atom stereocenters. The molecule has 8 heteroatoms. The molecule has 1 aromatic rings. The van der Waals surface area contributed by atoms with Crippen molar-refractivity contribution < 1.29 is 22.7 Å². The van der Waals surface area contributed by atoms with Gasteiger partial charge >= 0.3 is 0 Å². The Morgan fingerprint density at radius 2 is 1.67 bits per heavy atom. The number of nitrogens with zero attached hydrogens (tertiary/aromatic N) is 1. The van der Waals surface area contributed by atoms with Gasteiger partial charge in [-0.1, -0.05) is 6.42 Å². The number of carbonyl (C=O) groups excluding carboxylic acids is 1. The van der Waals surface area contributed by atoms with Gasteiger partial charge in [-0.05, 0) is 25.0 Å². The standard InChI is InChI=1S/C16H24N2O5S/c1-22-14-10-13(11-15(12-14)23-2)16(19)17-6-9-24(20,21)18-7-4-3-5-8-18/h10-12H,3-9H2,1-2H3,(H,17,19). The van der Waals surface area contributed by atoms with E-state index < -0.39 is 10.0 Å². The predicted octanol–water partition coefficient (Wildman–Crippen LogP) is 1.25. The normalized spacial score (nSPS) is 15.8. The third-order valence-electron chi connectivity index (χ3n) is 3.97. The Morgan fingerprint density at radius 1 is 1.08 bits per heavy atom. The molecule has 0 spiro atoms. The topological polar surface area (TPSA) is 84.9 Å². The first-order valence-electron chi connectivity index (χ1n) is 7.95.